The molecule has 3 rings (SSSR count). The molecule has 0 bridgehead atoms. The summed E-state index contributed by atoms with van der Waals surface area (Å²) >= 11 is 0. The standard InChI is InChI=1S/C22H19N3O5/c1-14-12-17(9-10-18(14)24-21(26)15-6-4-3-5-7-15)23-22(27)16-8-11-20(30-2)19(13-16)25(28)29/h3-13H,1-2H3,(H,23,27)(H,24,26). The number of rotatable bonds is 6. The van der Waals surface area contributed by atoms with Gasteiger partial charge < -0.3 is 15.4 Å². The summed E-state index contributed by atoms with van der Waals surface area (Å²) in [6, 6.07) is 17.8. The van der Waals surface area contributed by atoms with Crippen molar-refractivity contribution in [2.75, 3.05) is 17.7 Å². The molecule has 0 saturated carbocycles. The van der Waals surface area contributed by atoms with E-state index in [1.807, 2.05) is 6.07 Å². The Morgan fingerprint density at radius 3 is 2.23 bits per heavy atom. The first-order valence-corrected chi connectivity index (χ1v) is 9.00. The Kier molecular flexibility index (Phi) is 6.07. The number of amides is 2. The van der Waals surface area contributed by atoms with Crippen molar-refractivity contribution in [2.24, 2.45) is 0 Å². The Morgan fingerprint density at radius 2 is 1.60 bits per heavy atom. The quantitative estimate of drug-likeness (QED) is 0.466. The van der Waals surface area contributed by atoms with Gasteiger partial charge in [0.25, 0.3) is 11.8 Å². The Balaban J connectivity index is 1.74. The normalized spacial score (nSPS) is 10.2. The average Bonchev–Trinajstić information content (AvgIpc) is 2.75. The summed E-state index contributed by atoms with van der Waals surface area (Å²) < 4.78 is 4.94. The number of nitro groups is 1. The topological polar surface area (TPSA) is 111 Å². The smallest absolute Gasteiger partial charge is 0.311 e. The lowest BCUT2D eigenvalue weighted by Crippen LogP contribution is -2.14. The molecule has 0 aliphatic heterocycles. The Bertz CT molecular complexity index is 1110. The van der Waals surface area contributed by atoms with E-state index in [1.54, 1.807) is 49.4 Å². The average molecular weight is 405 g/mol. The van der Waals surface area contributed by atoms with Crippen molar-refractivity contribution in [3.05, 3.63) is 93.5 Å². The summed E-state index contributed by atoms with van der Waals surface area (Å²) in [7, 11) is 1.32. The molecule has 0 radical (unpaired) electrons. The van der Waals surface area contributed by atoms with Gasteiger partial charge in [0.05, 0.1) is 12.0 Å². The van der Waals surface area contributed by atoms with Crippen LogP contribution in [0.15, 0.2) is 66.7 Å². The summed E-state index contributed by atoms with van der Waals surface area (Å²) in [5, 5.41) is 16.7. The van der Waals surface area contributed by atoms with Gasteiger partial charge in [-0.15, -0.1) is 0 Å². The third kappa shape index (κ3) is 4.61. The van der Waals surface area contributed by atoms with Crippen molar-refractivity contribution in [1.82, 2.24) is 0 Å². The zero-order chi connectivity index (χ0) is 21.7. The van der Waals surface area contributed by atoms with Crippen LogP contribution in [0.25, 0.3) is 0 Å². The molecule has 0 fully saturated rings. The number of aryl methyl sites for hydroxylation is 1. The van der Waals surface area contributed by atoms with Crippen LogP contribution in [0.1, 0.15) is 26.3 Å². The van der Waals surface area contributed by atoms with Gasteiger partial charge in [0.2, 0.25) is 0 Å². The van der Waals surface area contributed by atoms with Gasteiger partial charge in [-0.2, -0.15) is 0 Å². The number of benzene rings is 3. The van der Waals surface area contributed by atoms with E-state index in [0.717, 1.165) is 11.6 Å². The number of ether oxygens (including phenoxy) is 1. The zero-order valence-electron chi connectivity index (χ0n) is 16.3. The van der Waals surface area contributed by atoms with Gasteiger partial charge in [0.15, 0.2) is 5.75 Å². The van der Waals surface area contributed by atoms with E-state index >= 15 is 0 Å². The maximum Gasteiger partial charge on any atom is 0.311 e. The van der Waals surface area contributed by atoms with Crippen LogP contribution < -0.4 is 15.4 Å². The van der Waals surface area contributed by atoms with Gasteiger partial charge in [-0.1, -0.05) is 18.2 Å². The van der Waals surface area contributed by atoms with E-state index in [2.05, 4.69) is 10.6 Å². The number of hydrogen-bond acceptors (Lipinski definition) is 5. The minimum absolute atomic E-state index is 0.0749. The number of nitrogens with one attached hydrogen (secondary N) is 2. The molecule has 0 aliphatic carbocycles. The van der Waals surface area contributed by atoms with Crippen LogP contribution in [0.2, 0.25) is 0 Å². The molecule has 8 nitrogen and oxygen atoms in total. The van der Waals surface area contributed by atoms with Crippen LogP contribution >= 0.6 is 0 Å². The lowest BCUT2D eigenvalue weighted by molar-refractivity contribution is -0.385. The molecule has 0 atom stereocenters. The molecule has 0 spiro atoms. The van der Waals surface area contributed by atoms with E-state index in [1.165, 1.54) is 19.2 Å². The van der Waals surface area contributed by atoms with Crippen LogP contribution in [-0.2, 0) is 0 Å². The molecule has 30 heavy (non-hydrogen) atoms. The van der Waals surface area contributed by atoms with Crippen LogP contribution in [0.3, 0.4) is 0 Å². The second kappa shape index (κ2) is 8.87. The number of carbonyl (C=O) groups is 2. The van der Waals surface area contributed by atoms with Crippen LogP contribution in [0.4, 0.5) is 17.1 Å². The minimum atomic E-state index is -0.607. The fraction of sp³-hybridized carbons (Fsp3) is 0.0909. The highest BCUT2D eigenvalue weighted by molar-refractivity contribution is 6.06. The van der Waals surface area contributed by atoms with Crippen molar-refractivity contribution in [3.63, 3.8) is 0 Å². The van der Waals surface area contributed by atoms with Crippen LogP contribution in [0, 0.1) is 17.0 Å². The third-order valence-electron chi connectivity index (χ3n) is 4.41. The second-order valence-corrected chi connectivity index (χ2v) is 6.45. The molecule has 2 amide bonds. The number of nitrogens with zero attached hydrogens (tertiary/aromatic N) is 1. The Labute approximate surface area is 172 Å². The largest absolute Gasteiger partial charge is 0.490 e. The fourth-order valence-electron chi connectivity index (χ4n) is 2.84. The molecule has 0 unspecified atom stereocenters. The molecular weight excluding hydrogens is 386 g/mol. The van der Waals surface area contributed by atoms with Crippen molar-refractivity contribution < 1.29 is 19.2 Å². The van der Waals surface area contributed by atoms with E-state index in [-0.39, 0.29) is 22.9 Å². The van der Waals surface area contributed by atoms with Gasteiger partial charge in [-0.3, -0.25) is 19.7 Å². The number of anilines is 2. The molecule has 3 aromatic rings. The molecule has 0 heterocycles. The van der Waals surface area contributed by atoms with E-state index in [0.29, 0.717) is 16.9 Å². The first kappa shape index (κ1) is 20.5. The highest BCUT2D eigenvalue weighted by atomic mass is 16.6. The van der Waals surface area contributed by atoms with E-state index < -0.39 is 10.8 Å². The molecule has 152 valence electrons. The number of methoxy groups -OCH3 is 1. The molecule has 2 N–H and O–H groups in total. The molecular formula is C22H19N3O5. The predicted octanol–water partition coefficient (Wildman–Crippen LogP) is 4.42. The minimum Gasteiger partial charge on any atom is -0.490 e. The maximum absolute atomic E-state index is 12.5. The van der Waals surface area contributed by atoms with Gasteiger partial charge in [0.1, 0.15) is 0 Å². The highest BCUT2D eigenvalue weighted by Gasteiger charge is 2.18. The van der Waals surface area contributed by atoms with Crippen molar-refractivity contribution >= 4 is 28.9 Å². The van der Waals surface area contributed by atoms with Crippen molar-refractivity contribution in [3.8, 4) is 5.75 Å². The summed E-state index contributed by atoms with van der Waals surface area (Å²) in [4.78, 5) is 35.3. The van der Waals surface area contributed by atoms with Crippen LogP contribution in [0.5, 0.6) is 5.75 Å². The first-order valence-electron chi connectivity index (χ1n) is 9.00. The molecule has 0 aliphatic rings. The lowest BCUT2D eigenvalue weighted by atomic mass is 10.1. The van der Waals surface area contributed by atoms with Crippen molar-refractivity contribution in [1.29, 1.82) is 0 Å². The van der Waals surface area contributed by atoms with Gasteiger partial charge >= 0.3 is 5.69 Å². The van der Waals surface area contributed by atoms with Gasteiger partial charge in [-0.05, 0) is 55.0 Å². The molecule has 3 aromatic carbocycles. The van der Waals surface area contributed by atoms with E-state index in [4.69, 9.17) is 4.74 Å². The Hall–Kier alpha value is -4.20. The summed E-state index contributed by atoms with van der Waals surface area (Å²) in [5.74, 6) is -0.659. The monoisotopic (exact) mass is 405 g/mol. The predicted molar refractivity (Wildman–Crippen MR) is 113 cm³/mol. The summed E-state index contributed by atoms with van der Waals surface area (Å²) in [6.07, 6.45) is 0. The van der Waals surface area contributed by atoms with Crippen LogP contribution in [-0.4, -0.2) is 23.8 Å². The SMILES string of the molecule is COc1ccc(C(=O)Nc2ccc(NC(=O)c3ccccc3)c(C)c2)cc1[N+](=O)[O-]. The second-order valence-electron chi connectivity index (χ2n) is 6.45. The maximum atomic E-state index is 12.5. The van der Waals surface area contributed by atoms with Gasteiger partial charge in [-0.25, -0.2) is 0 Å². The zero-order valence-corrected chi connectivity index (χ0v) is 16.3. The molecule has 0 saturated heterocycles. The Morgan fingerprint density at radius 1 is 0.900 bits per heavy atom. The number of carbonyl (C=O) groups excluding carboxylic acids is 2. The van der Waals surface area contributed by atoms with Gasteiger partial charge in [0, 0.05) is 28.6 Å². The fourth-order valence-corrected chi connectivity index (χ4v) is 2.84. The third-order valence-corrected chi connectivity index (χ3v) is 4.41. The summed E-state index contributed by atoms with van der Waals surface area (Å²) in [6.45, 7) is 1.80. The molecule has 8 heteroatoms. The summed E-state index contributed by atoms with van der Waals surface area (Å²) in [5.41, 5.74) is 2.23. The number of nitro benzene ring substituents is 1. The van der Waals surface area contributed by atoms with Crippen molar-refractivity contribution in [2.45, 2.75) is 6.92 Å². The lowest BCUT2D eigenvalue weighted by Gasteiger charge is -2.12. The van der Waals surface area contributed by atoms with E-state index in [9.17, 15) is 19.7 Å². The first-order chi connectivity index (χ1) is 14.4. The number of hydrogen-bond donors (Lipinski definition) is 2. The molecule has 0 aromatic heterocycles. The highest BCUT2D eigenvalue weighted by Crippen LogP contribution is 2.28.